The SMILES string of the molecule is CNS(=O)(=O)c1ccc(CNC(=O)c2ccccc2OCc2ccccc2Cl)cc1. The number of rotatable bonds is 8. The maximum atomic E-state index is 12.7. The molecule has 3 rings (SSSR count). The lowest BCUT2D eigenvalue weighted by Crippen LogP contribution is -2.23. The molecule has 3 aromatic carbocycles. The van der Waals surface area contributed by atoms with Gasteiger partial charge in [-0.15, -0.1) is 0 Å². The molecule has 3 aromatic rings. The van der Waals surface area contributed by atoms with E-state index in [-0.39, 0.29) is 24.0 Å². The molecule has 0 saturated carbocycles. The van der Waals surface area contributed by atoms with Crippen LogP contribution in [0.5, 0.6) is 5.75 Å². The first kappa shape index (κ1) is 21.8. The second kappa shape index (κ2) is 9.75. The van der Waals surface area contributed by atoms with Crippen molar-refractivity contribution in [2.45, 2.75) is 18.0 Å². The van der Waals surface area contributed by atoms with E-state index in [0.29, 0.717) is 16.3 Å². The van der Waals surface area contributed by atoms with Crippen LogP contribution in [0.2, 0.25) is 5.02 Å². The molecule has 0 spiro atoms. The van der Waals surface area contributed by atoms with Crippen molar-refractivity contribution in [3.8, 4) is 5.75 Å². The Hall–Kier alpha value is -2.87. The van der Waals surface area contributed by atoms with Crippen molar-refractivity contribution in [3.63, 3.8) is 0 Å². The highest BCUT2D eigenvalue weighted by atomic mass is 35.5. The molecule has 0 atom stereocenters. The minimum atomic E-state index is -3.49. The third-order valence-corrected chi connectivity index (χ3v) is 6.23. The molecule has 8 heteroatoms. The molecule has 0 fully saturated rings. The van der Waals surface area contributed by atoms with Gasteiger partial charge in [-0.05, 0) is 42.9 Å². The van der Waals surface area contributed by atoms with E-state index in [2.05, 4.69) is 10.0 Å². The number of carbonyl (C=O) groups excluding carboxylic acids is 1. The Kier molecular flexibility index (Phi) is 7.10. The standard InChI is InChI=1S/C22H21ClN2O4S/c1-24-30(27,28)18-12-10-16(11-13-18)14-25-22(26)19-7-3-5-9-21(19)29-15-17-6-2-4-8-20(17)23/h2-13,24H,14-15H2,1H3,(H,25,26). The Balaban J connectivity index is 1.65. The van der Waals surface area contributed by atoms with Crippen molar-refractivity contribution in [2.75, 3.05) is 7.05 Å². The van der Waals surface area contributed by atoms with E-state index in [1.807, 2.05) is 18.2 Å². The van der Waals surface area contributed by atoms with Gasteiger partial charge in [-0.2, -0.15) is 0 Å². The summed E-state index contributed by atoms with van der Waals surface area (Å²) in [6.07, 6.45) is 0. The van der Waals surface area contributed by atoms with Gasteiger partial charge in [0.05, 0.1) is 10.5 Å². The molecule has 0 aliphatic rings. The number of ether oxygens (including phenoxy) is 1. The van der Waals surface area contributed by atoms with E-state index in [1.54, 1.807) is 42.5 Å². The second-order valence-electron chi connectivity index (χ2n) is 6.41. The lowest BCUT2D eigenvalue weighted by atomic mass is 10.1. The molecule has 0 aliphatic carbocycles. The number of sulfonamides is 1. The van der Waals surface area contributed by atoms with E-state index in [0.717, 1.165) is 11.1 Å². The molecule has 0 unspecified atom stereocenters. The normalized spacial score (nSPS) is 11.1. The summed E-state index contributed by atoms with van der Waals surface area (Å²) < 4.78 is 31.7. The van der Waals surface area contributed by atoms with E-state index in [4.69, 9.17) is 16.3 Å². The Morgan fingerprint density at radius 1 is 0.967 bits per heavy atom. The van der Waals surface area contributed by atoms with Crippen LogP contribution >= 0.6 is 11.6 Å². The summed E-state index contributed by atoms with van der Waals surface area (Å²) in [5.74, 6) is 0.155. The van der Waals surface area contributed by atoms with Crippen LogP contribution in [-0.4, -0.2) is 21.4 Å². The molecule has 0 saturated heterocycles. The summed E-state index contributed by atoms with van der Waals surface area (Å²) >= 11 is 6.16. The lowest BCUT2D eigenvalue weighted by molar-refractivity contribution is 0.0946. The second-order valence-corrected chi connectivity index (χ2v) is 8.70. The molecule has 2 N–H and O–H groups in total. The van der Waals surface area contributed by atoms with Gasteiger partial charge < -0.3 is 10.1 Å². The van der Waals surface area contributed by atoms with Gasteiger partial charge in [0.2, 0.25) is 10.0 Å². The molecule has 30 heavy (non-hydrogen) atoms. The molecular formula is C22H21ClN2O4S. The minimum Gasteiger partial charge on any atom is -0.488 e. The van der Waals surface area contributed by atoms with Crippen LogP contribution in [-0.2, 0) is 23.2 Å². The highest BCUT2D eigenvalue weighted by Gasteiger charge is 2.14. The van der Waals surface area contributed by atoms with Crippen molar-refractivity contribution in [3.05, 3.63) is 94.5 Å². The van der Waals surface area contributed by atoms with Crippen LogP contribution in [0.1, 0.15) is 21.5 Å². The van der Waals surface area contributed by atoms with Gasteiger partial charge in [-0.1, -0.05) is 54.1 Å². The fourth-order valence-electron chi connectivity index (χ4n) is 2.73. The van der Waals surface area contributed by atoms with Crippen LogP contribution in [0.4, 0.5) is 0 Å². The Bertz CT molecular complexity index is 1130. The van der Waals surface area contributed by atoms with Gasteiger partial charge in [0.15, 0.2) is 0 Å². The maximum Gasteiger partial charge on any atom is 0.255 e. The third kappa shape index (κ3) is 5.38. The predicted molar refractivity (Wildman–Crippen MR) is 116 cm³/mol. The van der Waals surface area contributed by atoms with Gasteiger partial charge in [0.25, 0.3) is 5.91 Å². The molecule has 0 heterocycles. The van der Waals surface area contributed by atoms with Crippen molar-refractivity contribution in [1.82, 2.24) is 10.0 Å². The minimum absolute atomic E-state index is 0.165. The first-order valence-corrected chi connectivity index (χ1v) is 11.0. The highest BCUT2D eigenvalue weighted by molar-refractivity contribution is 7.89. The topological polar surface area (TPSA) is 84.5 Å². The summed E-state index contributed by atoms with van der Waals surface area (Å²) in [5, 5.41) is 3.43. The molecule has 0 aliphatic heterocycles. The summed E-state index contributed by atoms with van der Waals surface area (Å²) in [4.78, 5) is 12.8. The van der Waals surface area contributed by atoms with Crippen molar-refractivity contribution in [1.29, 1.82) is 0 Å². The van der Waals surface area contributed by atoms with Gasteiger partial charge >= 0.3 is 0 Å². The average molecular weight is 445 g/mol. The summed E-state index contributed by atoms with van der Waals surface area (Å²) in [7, 11) is -2.13. The summed E-state index contributed by atoms with van der Waals surface area (Å²) in [6, 6.07) is 20.6. The van der Waals surface area contributed by atoms with Gasteiger partial charge in [0, 0.05) is 17.1 Å². The van der Waals surface area contributed by atoms with E-state index < -0.39 is 10.0 Å². The van der Waals surface area contributed by atoms with Crippen molar-refractivity contribution >= 4 is 27.5 Å². The Labute approximate surface area is 180 Å². The average Bonchev–Trinajstić information content (AvgIpc) is 2.77. The molecule has 0 radical (unpaired) electrons. The number of halogens is 1. The lowest BCUT2D eigenvalue weighted by Gasteiger charge is -2.12. The Morgan fingerprint density at radius 2 is 1.63 bits per heavy atom. The largest absolute Gasteiger partial charge is 0.488 e. The number of carbonyl (C=O) groups is 1. The van der Waals surface area contributed by atoms with Crippen LogP contribution in [0.25, 0.3) is 0 Å². The number of hydrogen-bond donors (Lipinski definition) is 2. The molecule has 6 nitrogen and oxygen atoms in total. The van der Waals surface area contributed by atoms with Crippen LogP contribution in [0.3, 0.4) is 0 Å². The van der Waals surface area contributed by atoms with E-state index >= 15 is 0 Å². The zero-order valence-electron chi connectivity index (χ0n) is 16.3. The van der Waals surface area contributed by atoms with Crippen LogP contribution in [0, 0.1) is 0 Å². The molecule has 156 valence electrons. The van der Waals surface area contributed by atoms with Crippen LogP contribution in [0.15, 0.2) is 77.7 Å². The number of amides is 1. The van der Waals surface area contributed by atoms with E-state index in [1.165, 1.54) is 19.2 Å². The molecule has 0 aromatic heterocycles. The number of para-hydroxylation sites is 1. The van der Waals surface area contributed by atoms with E-state index in [9.17, 15) is 13.2 Å². The zero-order chi connectivity index (χ0) is 21.6. The first-order chi connectivity index (χ1) is 14.4. The summed E-state index contributed by atoms with van der Waals surface area (Å²) in [6.45, 7) is 0.489. The first-order valence-electron chi connectivity index (χ1n) is 9.16. The quantitative estimate of drug-likeness (QED) is 0.554. The fourth-order valence-corrected chi connectivity index (χ4v) is 3.65. The van der Waals surface area contributed by atoms with Gasteiger partial charge in [-0.25, -0.2) is 13.1 Å². The predicted octanol–water partition coefficient (Wildman–Crippen LogP) is 3.76. The van der Waals surface area contributed by atoms with Gasteiger partial charge in [-0.3, -0.25) is 4.79 Å². The fraction of sp³-hybridized carbons (Fsp3) is 0.136. The monoisotopic (exact) mass is 444 g/mol. The molecule has 0 bridgehead atoms. The maximum absolute atomic E-state index is 12.7. The number of nitrogens with one attached hydrogen (secondary N) is 2. The third-order valence-electron chi connectivity index (χ3n) is 4.43. The number of hydrogen-bond acceptors (Lipinski definition) is 4. The smallest absolute Gasteiger partial charge is 0.255 e. The Morgan fingerprint density at radius 3 is 2.33 bits per heavy atom. The van der Waals surface area contributed by atoms with Crippen molar-refractivity contribution < 1.29 is 17.9 Å². The number of benzene rings is 3. The highest BCUT2D eigenvalue weighted by Crippen LogP contribution is 2.22. The van der Waals surface area contributed by atoms with Gasteiger partial charge in [0.1, 0.15) is 12.4 Å². The van der Waals surface area contributed by atoms with Crippen molar-refractivity contribution in [2.24, 2.45) is 0 Å². The molecular weight excluding hydrogens is 424 g/mol. The zero-order valence-corrected chi connectivity index (χ0v) is 17.8. The molecule has 1 amide bonds. The summed E-state index contributed by atoms with van der Waals surface area (Å²) in [5.41, 5.74) is 2.00. The van der Waals surface area contributed by atoms with Crippen LogP contribution < -0.4 is 14.8 Å².